The van der Waals surface area contributed by atoms with Gasteiger partial charge in [-0.2, -0.15) is 0 Å². The molecule has 1 aliphatic heterocycles. The summed E-state index contributed by atoms with van der Waals surface area (Å²) in [6, 6.07) is 7.65. The van der Waals surface area contributed by atoms with E-state index in [4.69, 9.17) is 18.9 Å². The maximum atomic E-state index is 5.95. The number of rotatable bonds is 11. The van der Waals surface area contributed by atoms with Gasteiger partial charge in [-0.1, -0.05) is 12.1 Å². The van der Waals surface area contributed by atoms with E-state index in [0.29, 0.717) is 12.5 Å². The average molecular weight is 521 g/mol. The number of nitrogens with zero attached hydrogens (tertiary/aromatic N) is 1. The van der Waals surface area contributed by atoms with E-state index in [1.807, 2.05) is 31.2 Å². The fourth-order valence-corrected chi connectivity index (χ4v) is 2.98. The molecule has 166 valence electrons. The first-order valence-corrected chi connectivity index (χ1v) is 10.1. The number of hydrogen-bond donors (Lipinski definition) is 2. The summed E-state index contributed by atoms with van der Waals surface area (Å²) in [5.74, 6) is 2.89. The number of aliphatic imine (C=N–C) groups is 1. The first-order valence-electron chi connectivity index (χ1n) is 10.1. The van der Waals surface area contributed by atoms with Crippen LogP contribution in [0.2, 0.25) is 0 Å². The van der Waals surface area contributed by atoms with Gasteiger partial charge in [0.15, 0.2) is 17.5 Å². The highest BCUT2D eigenvalue weighted by molar-refractivity contribution is 14.0. The normalized spacial score (nSPS) is 15.9. The molecule has 29 heavy (non-hydrogen) atoms. The predicted octanol–water partition coefficient (Wildman–Crippen LogP) is 3.08. The highest BCUT2D eigenvalue weighted by Gasteiger charge is 2.13. The number of benzene rings is 1. The molecule has 0 saturated carbocycles. The van der Waals surface area contributed by atoms with Crippen molar-refractivity contribution in [3.63, 3.8) is 0 Å². The summed E-state index contributed by atoms with van der Waals surface area (Å²) in [7, 11) is 3.41. The molecule has 1 aromatic rings. The smallest absolute Gasteiger partial charge is 0.191 e. The van der Waals surface area contributed by atoms with Gasteiger partial charge in [0.25, 0.3) is 0 Å². The van der Waals surface area contributed by atoms with Crippen molar-refractivity contribution in [1.29, 1.82) is 0 Å². The van der Waals surface area contributed by atoms with Crippen LogP contribution in [0.5, 0.6) is 11.5 Å². The Kier molecular flexibility index (Phi) is 13.8. The van der Waals surface area contributed by atoms with Crippen molar-refractivity contribution in [3.05, 3.63) is 24.3 Å². The SMILES string of the molecule is CN=C(NCCCOCC1CCOCC1)NCC(C)Oc1ccccc1OC.I. The zero-order valence-electron chi connectivity index (χ0n) is 17.8. The third-order valence-corrected chi connectivity index (χ3v) is 4.63. The van der Waals surface area contributed by atoms with Crippen molar-refractivity contribution in [2.24, 2.45) is 10.9 Å². The van der Waals surface area contributed by atoms with Gasteiger partial charge in [-0.25, -0.2) is 0 Å². The number of para-hydroxylation sites is 2. The van der Waals surface area contributed by atoms with Crippen LogP contribution < -0.4 is 20.1 Å². The third-order valence-electron chi connectivity index (χ3n) is 4.63. The lowest BCUT2D eigenvalue weighted by Crippen LogP contribution is -2.42. The number of nitrogens with one attached hydrogen (secondary N) is 2. The van der Waals surface area contributed by atoms with Crippen molar-refractivity contribution >= 4 is 29.9 Å². The minimum Gasteiger partial charge on any atom is -0.493 e. The second kappa shape index (κ2) is 15.6. The minimum atomic E-state index is -0.0299. The van der Waals surface area contributed by atoms with Crippen LogP contribution in [0.4, 0.5) is 0 Å². The second-order valence-corrected chi connectivity index (χ2v) is 6.94. The molecule has 1 fully saturated rings. The first kappa shape index (κ1) is 25.8. The van der Waals surface area contributed by atoms with Gasteiger partial charge in [-0.05, 0) is 44.2 Å². The molecule has 1 aliphatic rings. The van der Waals surface area contributed by atoms with Crippen LogP contribution >= 0.6 is 24.0 Å². The quantitative estimate of drug-likeness (QED) is 0.202. The molecule has 0 radical (unpaired) electrons. The van der Waals surface area contributed by atoms with Crippen LogP contribution in [0, 0.1) is 5.92 Å². The Labute approximate surface area is 191 Å². The fourth-order valence-electron chi connectivity index (χ4n) is 2.98. The molecule has 0 amide bonds. The molecule has 1 unspecified atom stereocenters. The second-order valence-electron chi connectivity index (χ2n) is 6.94. The Morgan fingerprint density at radius 1 is 1.21 bits per heavy atom. The third kappa shape index (κ3) is 10.4. The number of guanidine groups is 1. The highest BCUT2D eigenvalue weighted by atomic mass is 127. The topological polar surface area (TPSA) is 73.3 Å². The van der Waals surface area contributed by atoms with Crippen LogP contribution in [-0.2, 0) is 9.47 Å². The van der Waals surface area contributed by atoms with Crippen molar-refractivity contribution in [1.82, 2.24) is 10.6 Å². The molecule has 0 spiro atoms. The standard InChI is InChI=1S/C21H35N3O4.HI/c1-17(28-20-8-5-4-7-19(20)25-3)15-24-21(22-2)23-11-6-12-27-16-18-9-13-26-14-10-18;/h4-5,7-8,17-18H,6,9-16H2,1-3H3,(H2,22,23,24);1H. The number of halogens is 1. The largest absolute Gasteiger partial charge is 0.493 e. The van der Waals surface area contributed by atoms with E-state index < -0.39 is 0 Å². The van der Waals surface area contributed by atoms with Crippen LogP contribution in [0.25, 0.3) is 0 Å². The Bertz CT molecular complexity index is 583. The molecule has 2 rings (SSSR count). The highest BCUT2D eigenvalue weighted by Crippen LogP contribution is 2.26. The monoisotopic (exact) mass is 521 g/mol. The molecular formula is C21H36IN3O4. The van der Waals surface area contributed by atoms with Gasteiger partial charge in [-0.3, -0.25) is 4.99 Å². The Morgan fingerprint density at radius 2 is 1.93 bits per heavy atom. The van der Waals surface area contributed by atoms with Crippen molar-refractivity contribution in [2.45, 2.75) is 32.3 Å². The van der Waals surface area contributed by atoms with Gasteiger partial charge in [0.2, 0.25) is 0 Å². The zero-order valence-corrected chi connectivity index (χ0v) is 20.1. The predicted molar refractivity (Wildman–Crippen MR) is 127 cm³/mol. The zero-order chi connectivity index (χ0) is 20.0. The maximum absolute atomic E-state index is 5.95. The summed E-state index contributed by atoms with van der Waals surface area (Å²) in [5.41, 5.74) is 0. The lowest BCUT2D eigenvalue weighted by atomic mass is 10.0. The Balaban J connectivity index is 0.00000420. The number of methoxy groups -OCH3 is 1. The molecule has 0 aromatic heterocycles. The molecule has 1 saturated heterocycles. The van der Waals surface area contributed by atoms with Gasteiger partial charge in [0.1, 0.15) is 6.10 Å². The lowest BCUT2D eigenvalue weighted by Gasteiger charge is -2.21. The molecule has 8 heteroatoms. The van der Waals surface area contributed by atoms with Gasteiger partial charge >= 0.3 is 0 Å². The molecule has 1 aromatic carbocycles. The minimum absolute atomic E-state index is 0. The van der Waals surface area contributed by atoms with Crippen LogP contribution in [0.15, 0.2) is 29.3 Å². The molecule has 1 heterocycles. The van der Waals surface area contributed by atoms with Crippen molar-refractivity contribution in [2.75, 3.05) is 53.7 Å². The van der Waals surface area contributed by atoms with E-state index in [0.717, 1.165) is 69.7 Å². The van der Waals surface area contributed by atoms with E-state index in [-0.39, 0.29) is 30.1 Å². The van der Waals surface area contributed by atoms with E-state index in [1.165, 1.54) is 0 Å². The summed E-state index contributed by atoms with van der Waals surface area (Å²) >= 11 is 0. The van der Waals surface area contributed by atoms with E-state index in [1.54, 1.807) is 14.2 Å². The van der Waals surface area contributed by atoms with E-state index in [9.17, 15) is 0 Å². The lowest BCUT2D eigenvalue weighted by molar-refractivity contribution is 0.0203. The van der Waals surface area contributed by atoms with E-state index in [2.05, 4.69) is 15.6 Å². The Hall–Kier alpha value is -1.26. The van der Waals surface area contributed by atoms with Gasteiger partial charge < -0.3 is 29.6 Å². The molecule has 7 nitrogen and oxygen atoms in total. The van der Waals surface area contributed by atoms with E-state index >= 15 is 0 Å². The molecule has 0 bridgehead atoms. The molecule has 2 N–H and O–H groups in total. The van der Waals surface area contributed by atoms with Crippen LogP contribution in [-0.4, -0.2) is 65.7 Å². The van der Waals surface area contributed by atoms with Crippen LogP contribution in [0.1, 0.15) is 26.2 Å². The van der Waals surface area contributed by atoms with Crippen LogP contribution in [0.3, 0.4) is 0 Å². The van der Waals surface area contributed by atoms with Crippen molar-refractivity contribution < 1.29 is 18.9 Å². The molecule has 0 aliphatic carbocycles. The fraction of sp³-hybridized carbons (Fsp3) is 0.667. The average Bonchev–Trinajstić information content (AvgIpc) is 2.73. The molecule has 1 atom stereocenters. The summed E-state index contributed by atoms with van der Waals surface area (Å²) in [6.07, 6.45) is 3.14. The maximum Gasteiger partial charge on any atom is 0.191 e. The van der Waals surface area contributed by atoms with Gasteiger partial charge in [0, 0.05) is 40.0 Å². The van der Waals surface area contributed by atoms with Gasteiger partial charge in [-0.15, -0.1) is 24.0 Å². The number of hydrogen-bond acceptors (Lipinski definition) is 5. The first-order chi connectivity index (χ1) is 13.7. The van der Waals surface area contributed by atoms with Crippen molar-refractivity contribution in [3.8, 4) is 11.5 Å². The Morgan fingerprint density at radius 3 is 2.62 bits per heavy atom. The summed E-state index contributed by atoms with van der Waals surface area (Å²) in [5, 5.41) is 6.60. The summed E-state index contributed by atoms with van der Waals surface area (Å²) in [6.45, 7) is 6.81. The summed E-state index contributed by atoms with van der Waals surface area (Å²) in [4.78, 5) is 4.25. The number of ether oxygens (including phenoxy) is 4. The summed E-state index contributed by atoms with van der Waals surface area (Å²) < 4.78 is 22.4. The molecular weight excluding hydrogens is 485 g/mol. The van der Waals surface area contributed by atoms with Gasteiger partial charge in [0.05, 0.1) is 13.7 Å².